The van der Waals surface area contributed by atoms with Crippen LogP contribution < -0.4 is 20.5 Å². The number of para-hydroxylation sites is 1. The van der Waals surface area contributed by atoms with Crippen LogP contribution in [0.4, 0.5) is 35.4 Å². The number of carbonyl (C=O) groups excluding carboxylic acids is 2. The molecule has 2 fully saturated rings. The van der Waals surface area contributed by atoms with Crippen molar-refractivity contribution in [1.29, 1.82) is 0 Å². The fourth-order valence-corrected chi connectivity index (χ4v) is 4.89. The summed E-state index contributed by atoms with van der Waals surface area (Å²) in [6.45, 7) is 1.25. The second-order valence-electron chi connectivity index (χ2n) is 9.35. The van der Waals surface area contributed by atoms with Gasteiger partial charge in [0.05, 0.1) is 42.7 Å². The molecule has 0 spiro atoms. The first kappa shape index (κ1) is 25.4. The van der Waals surface area contributed by atoms with Gasteiger partial charge in [0.25, 0.3) is 0 Å². The lowest BCUT2D eigenvalue weighted by Gasteiger charge is -2.25. The molecule has 206 valence electrons. The summed E-state index contributed by atoms with van der Waals surface area (Å²) in [5.41, 5.74) is 4.20. The van der Waals surface area contributed by atoms with Gasteiger partial charge in [0.1, 0.15) is 11.8 Å². The molecule has 2 saturated heterocycles. The molecule has 2 aromatic heterocycles. The first-order chi connectivity index (χ1) is 19.5. The van der Waals surface area contributed by atoms with E-state index in [4.69, 9.17) is 4.74 Å². The summed E-state index contributed by atoms with van der Waals surface area (Å²) in [7, 11) is 0. The van der Waals surface area contributed by atoms with E-state index in [-0.39, 0.29) is 50.6 Å². The molecule has 2 aliphatic heterocycles. The fraction of sp³-hybridized carbons (Fsp3) is 0.269. The Morgan fingerprint density at radius 1 is 1.10 bits per heavy atom. The predicted molar refractivity (Wildman–Crippen MR) is 142 cm³/mol. The third-order valence-electron chi connectivity index (χ3n) is 6.78. The number of nitrogens with one attached hydrogen (secondary N) is 2. The molecule has 3 amide bonds. The Morgan fingerprint density at radius 2 is 1.93 bits per heavy atom. The van der Waals surface area contributed by atoms with Crippen molar-refractivity contribution in [2.45, 2.75) is 12.6 Å². The molecule has 6 rings (SSSR count). The molecule has 2 N–H and O–H groups in total. The first-order valence-corrected chi connectivity index (χ1v) is 12.7. The second kappa shape index (κ2) is 10.7. The Labute approximate surface area is 227 Å². The molecule has 1 atom stereocenters. The minimum Gasteiger partial charge on any atom is -0.442 e. The third kappa shape index (κ3) is 5.08. The summed E-state index contributed by atoms with van der Waals surface area (Å²) < 4.78 is 37.4. The average Bonchev–Trinajstić information content (AvgIpc) is 3.51. The molecule has 12 nitrogen and oxygen atoms in total. The van der Waals surface area contributed by atoms with Crippen molar-refractivity contribution in [3.05, 3.63) is 72.7 Å². The van der Waals surface area contributed by atoms with E-state index in [0.29, 0.717) is 5.69 Å². The quantitative estimate of drug-likeness (QED) is 0.390. The van der Waals surface area contributed by atoms with Crippen LogP contribution in [0.2, 0.25) is 0 Å². The van der Waals surface area contributed by atoms with Crippen molar-refractivity contribution >= 4 is 40.1 Å². The molecule has 4 aromatic rings. The van der Waals surface area contributed by atoms with E-state index in [1.807, 2.05) is 24.3 Å². The molecule has 2 aromatic carbocycles. The lowest BCUT2D eigenvalue weighted by Crippen LogP contribution is -2.46. The van der Waals surface area contributed by atoms with Gasteiger partial charge in [-0.15, -0.1) is 5.10 Å². The SMILES string of the molecule is O=C(Nc1ccnc2ccccc12)N1CCN(c2c(F)cc(N3C[C@H](Cn4ccnn4)OC3=O)cc2F)CCN1. The number of pyridine rings is 1. The standard InChI is InChI=1S/C26H25F2N9O3/c27-20-13-17(36-16-18(40-26(36)39)15-35-10-7-30-33-35)14-21(28)24(20)34-9-8-31-37(12-11-34)25(38)32-23-5-6-29-22-4-2-1-3-19(22)23/h1-7,10,13-14,18,31H,8-9,11-12,15-16H2,(H,29,32,38)/t18-/m0/s1. The number of amides is 3. The van der Waals surface area contributed by atoms with Crippen LogP contribution >= 0.6 is 0 Å². The lowest BCUT2D eigenvalue weighted by molar-refractivity contribution is 0.129. The minimum absolute atomic E-state index is 0.0587. The van der Waals surface area contributed by atoms with Crippen molar-refractivity contribution in [3.8, 4) is 0 Å². The molecule has 0 aliphatic carbocycles. The largest absolute Gasteiger partial charge is 0.442 e. The highest BCUT2D eigenvalue weighted by Crippen LogP contribution is 2.31. The van der Waals surface area contributed by atoms with Crippen LogP contribution in [0.25, 0.3) is 10.9 Å². The number of cyclic esters (lactones) is 1. The fourth-order valence-electron chi connectivity index (χ4n) is 4.89. The molecule has 0 saturated carbocycles. The number of anilines is 3. The highest BCUT2D eigenvalue weighted by molar-refractivity contribution is 6.00. The molecule has 40 heavy (non-hydrogen) atoms. The molecule has 4 heterocycles. The highest BCUT2D eigenvalue weighted by atomic mass is 19.1. The summed E-state index contributed by atoms with van der Waals surface area (Å²) >= 11 is 0. The molecule has 14 heteroatoms. The summed E-state index contributed by atoms with van der Waals surface area (Å²) in [4.78, 5) is 32.4. The number of nitrogens with zero attached hydrogens (tertiary/aromatic N) is 7. The number of aromatic nitrogens is 4. The number of halogens is 2. The van der Waals surface area contributed by atoms with Crippen LogP contribution in [0.1, 0.15) is 0 Å². The van der Waals surface area contributed by atoms with Gasteiger partial charge in [-0.05, 0) is 12.1 Å². The van der Waals surface area contributed by atoms with Crippen molar-refractivity contribution in [2.75, 3.05) is 47.8 Å². The third-order valence-corrected chi connectivity index (χ3v) is 6.78. The van der Waals surface area contributed by atoms with E-state index in [2.05, 4.69) is 26.0 Å². The zero-order chi connectivity index (χ0) is 27.6. The van der Waals surface area contributed by atoms with Gasteiger partial charge in [0, 0.05) is 49.5 Å². The summed E-state index contributed by atoms with van der Waals surface area (Å²) in [5, 5.41) is 12.6. The van der Waals surface area contributed by atoms with Gasteiger partial charge in [-0.25, -0.2) is 28.5 Å². The van der Waals surface area contributed by atoms with Crippen LogP contribution in [0.3, 0.4) is 0 Å². The molecular weight excluding hydrogens is 524 g/mol. The minimum atomic E-state index is -0.816. The van der Waals surface area contributed by atoms with Crippen LogP contribution in [0, 0.1) is 11.6 Å². The van der Waals surface area contributed by atoms with Gasteiger partial charge in [0.2, 0.25) is 0 Å². The van der Waals surface area contributed by atoms with Gasteiger partial charge < -0.3 is 15.0 Å². The molecular formula is C26H25F2N9O3. The van der Waals surface area contributed by atoms with Gasteiger partial charge in [0.15, 0.2) is 11.6 Å². The number of benzene rings is 2. The number of hydrogen-bond acceptors (Lipinski definition) is 8. The number of fused-ring (bicyclic) bond motifs is 1. The van der Waals surface area contributed by atoms with Crippen molar-refractivity contribution < 1.29 is 23.1 Å². The van der Waals surface area contributed by atoms with E-state index in [1.54, 1.807) is 18.5 Å². The summed E-state index contributed by atoms with van der Waals surface area (Å²) in [6, 6.07) is 11.0. The van der Waals surface area contributed by atoms with E-state index < -0.39 is 29.9 Å². The Bertz CT molecular complexity index is 1520. The number of hydrazine groups is 1. The maximum atomic E-state index is 15.3. The van der Waals surface area contributed by atoms with E-state index >= 15 is 8.78 Å². The van der Waals surface area contributed by atoms with Crippen molar-refractivity contribution in [1.82, 2.24) is 30.4 Å². The van der Waals surface area contributed by atoms with E-state index in [9.17, 15) is 9.59 Å². The number of urea groups is 1. The maximum Gasteiger partial charge on any atom is 0.414 e. The van der Waals surface area contributed by atoms with E-state index in [1.165, 1.54) is 25.7 Å². The van der Waals surface area contributed by atoms with Crippen molar-refractivity contribution in [2.24, 2.45) is 0 Å². The number of hydrogen-bond donors (Lipinski definition) is 2. The number of rotatable bonds is 5. The topological polar surface area (TPSA) is 121 Å². The smallest absolute Gasteiger partial charge is 0.414 e. The number of ether oxygens (including phenoxy) is 1. The predicted octanol–water partition coefficient (Wildman–Crippen LogP) is 2.99. The Morgan fingerprint density at radius 3 is 2.73 bits per heavy atom. The Kier molecular flexibility index (Phi) is 6.82. The Balaban J connectivity index is 1.12. The lowest BCUT2D eigenvalue weighted by atomic mass is 10.2. The van der Waals surface area contributed by atoms with Gasteiger partial charge in [-0.2, -0.15) is 0 Å². The zero-order valence-corrected chi connectivity index (χ0v) is 21.2. The summed E-state index contributed by atoms with van der Waals surface area (Å²) in [6.07, 6.45) is 3.51. The van der Waals surface area contributed by atoms with E-state index in [0.717, 1.165) is 23.0 Å². The van der Waals surface area contributed by atoms with Gasteiger partial charge >= 0.3 is 12.1 Å². The second-order valence-corrected chi connectivity index (χ2v) is 9.35. The number of carbonyl (C=O) groups is 2. The van der Waals surface area contributed by atoms with Gasteiger partial charge in [-0.3, -0.25) is 14.9 Å². The molecule has 0 bridgehead atoms. The van der Waals surface area contributed by atoms with Crippen LogP contribution in [0.5, 0.6) is 0 Å². The highest BCUT2D eigenvalue weighted by Gasteiger charge is 2.34. The van der Waals surface area contributed by atoms with Crippen LogP contribution in [0.15, 0.2) is 61.1 Å². The monoisotopic (exact) mass is 549 g/mol. The van der Waals surface area contributed by atoms with Gasteiger partial charge in [-0.1, -0.05) is 23.4 Å². The van der Waals surface area contributed by atoms with Crippen LogP contribution in [-0.4, -0.2) is 75.9 Å². The molecule has 0 unspecified atom stereocenters. The first-order valence-electron chi connectivity index (χ1n) is 12.7. The average molecular weight is 550 g/mol. The molecule has 0 radical (unpaired) electrons. The maximum absolute atomic E-state index is 15.3. The van der Waals surface area contributed by atoms with Crippen LogP contribution in [-0.2, 0) is 11.3 Å². The normalized spacial score (nSPS) is 17.7. The Hall–Kier alpha value is -4.85. The zero-order valence-electron chi connectivity index (χ0n) is 21.2. The summed E-state index contributed by atoms with van der Waals surface area (Å²) in [5.74, 6) is -1.63. The van der Waals surface area contributed by atoms with Crippen molar-refractivity contribution in [3.63, 3.8) is 0 Å². The molecule has 2 aliphatic rings.